The minimum atomic E-state index is -1.68. The molecule has 2 aliphatic rings. The van der Waals surface area contributed by atoms with Crippen molar-refractivity contribution in [3.05, 3.63) is 108 Å². The van der Waals surface area contributed by atoms with Crippen LogP contribution < -0.4 is 0 Å². The fraction of sp³-hybridized carbons (Fsp3) is 0.333. The zero-order chi connectivity index (χ0) is 30.6. The van der Waals surface area contributed by atoms with E-state index in [4.69, 9.17) is 28.4 Å². The molecule has 0 amide bonds. The monoisotopic (exact) mass is 588 g/mol. The molecule has 43 heavy (non-hydrogen) atoms. The summed E-state index contributed by atoms with van der Waals surface area (Å²) in [6, 6.07) is 24.9. The van der Waals surface area contributed by atoms with E-state index in [0.717, 1.165) is 0 Å². The maximum Gasteiger partial charge on any atom is 0.338 e. The van der Waals surface area contributed by atoms with Crippen molar-refractivity contribution >= 4 is 23.9 Å². The van der Waals surface area contributed by atoms with Gasteiger partial charge in [-0.25, -0.2) is 14.4 Å². The number of esters is 4. The third-order valence-corrected chi connectivity index (χ3v) is 7.21. The Morgan fingerprint density at radius 2 is 1.26 bits per heavy atom. The average molecular weight is 589 g/mol. The number of carbonyl (C=O) groups excluding carboxylic acids is 4. The van der Waals surface area contributed by atoms with Crippen molar-refractivity contribution < 1.29 is 47.6 Å². The summed E-state index contributed by atoms with van der Waals surface area (Å²) in [4.78, 5) is 51.9. The van der Waals surface area contributed by atoms with Gasteiger partial charge in [0, 0.05) is 6.92 Å². The first-order chi connectivity index (χ1) is 20.7. The van der Waals surface area contributed by atoms with E-state index in [9.17, 15) is 19.2 Å². The average Bonchev–Trinajstić information content (AvgIpc) is 3.64. The molecule has 0 radical (unpaired) electrons. The van der Waals surface area contributed by atoms with Gasteiger partial charge in [0.2, 0.25) is 0 Å². The first-order valence-corrected chi connectivity index (χ1v) is 14.0. The van der Waals surface area contributed by atoms with E-state index >= 15 is 0 Å². The van der Waals surface area contributed by atoms with Crippen molar-refractivity contribution in [2.75, 3.05) is 6.61 Å². The highest BCUT2D eigenvalue weighted by Gasteiger charge is 2.82. The Balaban J connectivity index is 1.53. The molecule has 1 aliphatic heterocycles. The molecule has 1 saturated heterocycles. The fourth-order valence-electron chi connectivity index (χ4n) is 5.31. The zero-order valence-electron chi connectivity index (χ0n) is 23.9. The van der Waals surface area contributed by atoms with Gasteiger partial charge in [-0.3, -0.25) is 4.79 Å². The van der Waals surface area contributed by atoms with Crippen molar-refractivity contribution in [1.29, 1.82) is 0 Å². The minimum Gasteiger partial charge on any atom is -0.459 e. The second-order valence-electron chi connectivity index (χ2n) is 10.5. The SMILES string of the molecule is CC(=O)OC1C2C(OC(=O)c3ccccc3)C2(OC(=O)c2ccccc2)C(COC(=O)c2ccccc2)O[C@H]1OC(C)C. The van der Waals surface area contributed by atoms with Crippen molar-refractivity contribution in [2.45, 2.75) is 57.1 Å². The third-order valence-electron chi connectivity index (χ3n) is 7.21. The Morgan fingerprint density at radius 1 is 0.744 bits per heavy atom. The van der Waals surface area contributed by atoms with Crippen LogP contribution in [-0.4, -0.2) is 66.8 Å². The minimum absolute atomic E-state index is 0.236. The molecule has 10 heteroatoms. The van der Waals surface area contributed by atoms with Crippen LogP contribution in [0.4, 0.5) is 0 Å². The molecule has 6 atom stereocenters. The van der Waals surface area contributed by atoms with Crippen molar-refractivity contribution in [3.63, 3.8) is 0 Å². The lowest BCUT2D eigenvalue weighted by Crippen LogP contribution is -2.55. The van der Waals surface area contributed by atoms with Crippen LogP contribution in [0.5, 0.6) is 0 Å². The van der Waals surface area contributed by atoms with Crippen molar-refractivity contribution in [1.82, 2.24) is 0 Å². The molecule has 224 valence electrons. The summed E-state index contributed by atoms with van der Waals surface area (Å²) in [5.74, 6) is -3.57. The van der Waals surface area contributed by atoms with Gasteiger partial charge in [-0.1, -0.05) is 54.6 Å². The number of hydrogen-bond acceptors (Lipinski definition) is 10. The van der Waals surface area contributed by atoms with Gasteiger partial charge in [0.15, 0.2) is 24.1 Å². The predicted octanol–water partition coefficient (Wildman–Crippen LogP) is 4.38. The van der Waals surface area contributed by atoms with E-state index in [1.54, 1.807) is 105 Å². The van der Waals surface area contributed by atoms with E-state index in [2.05, 4.69) is 0 Å². The Kier molecular flexibility index (Phi) is 8.89. The highest BCUT2D eigenvalue weighted by molar-refractivity contribution is 5.91. The van der Waals surface area contributed by atoms with E-state index in [-0.39, 0.29) is 23.8 Å². The number of hydrogen-bond donors (Lipinski definition) is 0. The van der Waals surface area contributed by atoms with Crippen LogP contribution >= 0.6 is 0 Å². The van der Waals surface area contributed by atoms with Crippen LogP contribution in [0.3, 0.4) is 0 Å². The molecule has 0 bridgehead atoms. The van der Waals surface area contributed by atoms with Crippen LogP contribution in [0.25, 0.3) is 0 Å². The largest absolute Gasteiger partial charge is 0.459 e. The summed E-state index contributed by atoms with van der Waals surface area (Å²) in [6.07, 6.45) is -4.89. The summed E-state index contributed by atoms with van der Waals surface area (Å²) < 4.78 is 35.6. The number of carbonyl (C=O) groups is 4. The second kappa shape index (κ2) is 12.8. The first kappa shape index (κ1) is 29.9. The molecule has 10 nitrogen and oxygen atoms in total. The molecule has 5 unspecified atom stereocenters. The second-order valence-corrected chi connectivity index (χ2v) is 10.5. The molecule has 1 saturated carbocycles. The lowest BCUT2D eigenvalue weighted by Gasteiger charge is -2.39. The van der Waals surface area contributed by atoms with Gasteiger partial charge >= 0.3 is 23.9 Å². The molecule has 2 fully saturated rings. The highest BCUT2D eigenvalue weighted by atomic mass is 16.7. The fourth-order valence-corrected chi connectivity index (χ4v) is 5.31. The van der Waals surface area contributed by atoms with E-state index < -0.39 is 60.0 Å². The predicted molar refractivity (Wildman–Crippen MR) is 151 cm³/mol. The molecule has 0 aromatic heterocycles. The first-order valence-electron chi connectivity index (χ1n) is 14.0. The molecule has 0 N–H and O–H groups in total. The Hall–Kier alpha value is -4.54. The lowest BCUT2D eigenvalue weighted by atomic mass is 10.0. The number of rotatable bonds is 10. The van der Waals surface area contributed by atoms with Crippen LogP contribution in [0, 0.1) is 5.92 Å². The van der Waals surface area contributed by atoms with Crippen molar-refractivity contribution in [2.24, 2.45) is 5.92 Å². The molecule has 1 heterocycles. The number of ether oxygens (including phenoxy) is 6. The molecule has 5 rings (SSSR count). The molecule has 1 aliphatic carbocycles. The highest BCUT2D eigenvalue weighted by Crippen LogP contribution is 2.60. The van der Waals surface area contributed by atoms with Crippen LogP contribution in [0.1, 0.15) is 51.8 Å². The number of fused-ring (bicyclic) bond motifs is 1. The maximum absolute atomic E-state index is 13.5. The van der Waals surface area contributed by atoms with E-state index in [1.807, 2.05) is 0 Å². The van der Waals surface area contributed by atoms with Crippen LogP contribution in [0.15, 0.2) is 91.0 Å². The summed E-state index contributed by atoms with van der Waals surface area (Å²) in [5.41, 5.74) is -0.866. The smallest absolute Gasteiger partial charge is 0.338 e. The standard InChI is InChI=1S/C33H32O10/c1-20(2)39-32-27(40-21(3)34)26-28(42-30(36)23-15-9-5-10-16-23)33(26,43-31(37)24-17-11-6-12-18-24)25(41-32)19-38-29(35)22-13-7-4-8-14-22/h4-18,20,25-28,32H,19H2,1-3H3/t25?,26?,27?,28?,32-,33?/m1/s1. The zero-order valence-corrected chi connectivity index (χ0v) is 23.9. The van der Waals surface area contributed by atoms with Crippen LogP contribution in [0.2, 0.25) is 0 Å². The molecule has 0 spiro atoms. The Labute approximate surface area is 248 Å². The molecule has 3 aromatic rings. The summed E-state index contributed by atoms with van der Waals surface area (Å²) >= 11 is 0. The van der Waals surface area contributed by atoms with Crippen LogP contribution in [-0.2, 0) is 33.2 Å². The van der Waals surface area contributed by atoms with Gasteiger partial charge in [0.1, 0.15) is 12.7 Å². The summed E-state index contributed by atoms with van der Waals surface area (Å²) in [6.45, 7) is 4.40. The topological polar surface area (TPSA) is 124 Å². The third kappa shape index (κ3) is 6.45. The quantitative estimate of drug-likeness (QED) is 0.249. The Bertz CT molecular complexity index is 1440. The van der Waals surface area contributed by atoms with Gasteiger partial charge in [0.25, 0.3) is 0 Å². The maximum atomic E-state index is 13.5. The van der Waals surface area contributed by atoms with Gasteiger partial charge in [0.05, 0.1) is 28.7 Å². The Morgan fingerprint density at radius 3 is 1.77 bits per heavy atom. The van der Waals surface area contributed by atoms with Crippen molar-refractivity contribution in [3.8, 4) is 0 Å². The number of benzene rings is 3. The van der Waals surface area contributed by atoms with Gasteiger partial charge in [-0.15, -0.1) is 0 Å². The van der Waals surface area contributed by atoms with E-state index in [1.165, 1.54) is 6.92 Å². The molecular weight excluding hydrogens is 556 g/mol. The molecular formula is C33H32O10. The lowest BCUT2D eigenvalue weighted by molar-refractivity contribution is -0.285. The van der Waals surface area contributed by atoms with Gasteiger partial charge in [-0.2, -0.15) is 0 Å². The van der Waals surface area contributed by atoms with Gasteiger partial charge in [-0.05, 0) is 50.2 Å². The van der Waals surface area contributed by atoms with E-state index in [0.29, 0.717) is 5.56 Å². The normalized spacial score (nSPS) is 25.6. The summed E-state index contributed by atoms with van der Waals surface area (Å²) in [7, 11) is 0. The van der Waals surface area contributed by atoms with Gasteiger partial charge < -0.3 is 28.4 Å². The molecule has 3 aromatic carbocycles. The summed E-state index contributed by atoms with van der Waals surface area (Å²) in [5, 5.41) is 0.